The third-order valence-electron chi connectivity index (χ3n) is 13.1. The van der Waals surface area contributed by atoms with Crippen LogP contribution in [0.4, 0.5) is 0 Å². The van der Waals surface area contributed by atoms with Crippen LogP contribution in [0.25, 0.3) is 0 Å². The van der Waals surface area contributed by atoms with Crippen molar-refractivity contribution in [2.24, 2.45) is 0 Å². The van der Waals surface area contributed by atoms with Gasteiger partial charge in [-0.05, 0) is 19.3 Å². The van der Waals surface area contributed by atoms with Gasteiger partial charge >= 0.3 is 17.9 Å². The van der Waals surface area contributed by atoms with Gasteiger partial charge in [-0.2, -0.15) is 0 Å². The van der Waals surface area contributed by atoms with Gasteiger partial charge in [0.25, 0.3) is 0 Å². The third kappa shape index (κ3) is 51.3. The van der Waals surface area contributed by atoms with Crippen molar-refractivity contribution in [3.05, 3.63) is 0 Å². The molecule has 0 aliphatic rings. The number of esters is 3. The van der Waals surface area contributed by atoms with Gasteiger partial charge in [0.15, 0.2) is 6.10 Å². The van der Waals surface area contributed by atoms with Crippen molar-refractivity contribution in [3.8, 4) is 0 Å². The predicted octanol–water partition coefficient (Wildman–Crippen LogP) is 18.8. The molecule has 0 aromatic carbocycles. The Hall–Kier alpha value is -1.59. The molecule has 1 unspecified atom stereocenters. The summed E-state index contributed by atoms with van der Waals surface area (Å²) in [6.45, 7) is 6.65. The molecular weight excluding hydrogens is 781 g/mol. The highest BCUT2D eigenvalue weighted by Gasteiger charge is 2.19. The Morgan fingerprint density at radius 2 is 0.429 bits per heavy atom. The van der Waals surface area contributed by atoms with E-state index in [0.29, 0.717) is 19.3 Å². The number of carbonyl (C=O) groups is 3. The smallest absolute Gasteiger partial charge is 0.306 e. The Balaban J connectivity index is 3.97. The molecule has 0 fully saturated rings. The zero-order valence-corrected chi connectivity index (χ0v) is 42.9. The van der Waals surface area contributed by atoms with Crippen molar-refractivity contribution in [1.82, 2.24) is 0 Å². The van der Waals surface area contributed by atoms with Gasteiger partial charge in [0.2, 0.25) is 0 Å². The largest absolute Gasteiger partial charge is 0.462 e. The molecule has 6 heteroatoms. The monoisotopic (exact) mass is 891 g/mol. The highest BCUT2D eigenvalue weighted by Crippen LogP contribution is 2.18. The van der Waals surface area contributed by atoms with Crippen molar-refractivity contribution >= 4 is 17.9 Å². The van der Waals surface area contributed by atoms with Crippen LogP contribution in [0.1, 0.15) is 329 Å². The van der Waals surface area contributed by atoms with Crippen LogP contribution in [0.5, 0.6) is 0 Å². The second-order valence-corrected chi connectivity index (χ2v) is 19.6. The van der Waals surface area contributed by atoms with Gasteiger partial charge in [-0.25, -0.2) is 0 Å². The van der Waals surface area contributed by atoms with Gasteiger partial charge in [0, 0.05) is 19.3 Å². The lowest BCUT2D eigenvalue weighted by Crippen LogP contribution is -2.30. The molecule has 0 N–H and O–H groups in total. The number of hydrogen-bond donors (Lipinski definition) is 0. The van der Waals surface area contributed by atoms with E-state index in [1.807, 2.05) is 0 Å². The van der Waals surface area contributed by atoms with Crippen LogP contribution in [-0.4, -0.2) is 37.2 Å². The van der Waals surface area contributed by atoms with E-state index in [2.05, 4.69) is 20.8 Å². The summed E-state index contributed by atoms with van der Waals surface area (Å²) in [6.07, 6.45) is 58.5. The number of unbranched alkanes of at least 4 members (excludes halogenated alkanes) is 42. The topological polar surface area (TPSA) is 78.9 Å². The lowest BCUT2D eigenvalue weighted by Gasteiger charge is -2.18. The first-order valence-electron chi connectivity index (χ1n) is 28.5. The maximum absolute atomic E-state index is 12.7. The first-order chi connectivity index (χ1) is 31.0. The molecule has 0 bridgehead atoms. The van der Waals surface area contributed by atoms with Crippen molar-refractivity contribution < 1.29 is 28.6 Å². The van der Waals surface area contributed by atoms with Crippen LogP contribution in [0, 0.1) is 0 Å². The number of ether oxygens (including phenoxy) is 3. The summed E-state index contributed by atoms with van der Waals surface area (Å²) in [6, 6.07) is 0. The predicted molar refractivity (Wildman–Crippen MR) is 270 cm³/mol. The lowest BCUT2D eigenvalue weighted by molar-refractivity contribution is -0.167. The Kier molecular flexibility index (Phi) is 51.7. The lowest BCUT2D eigenvalue weighted by atomic mass is 10.0. The third-order valence-corrected chi connectivity index (χ3v) is 13.1. The molecule has 0 saturated heterocycles. The first kappa shape index (κ1) is 61.4. The van der Waals surface area contributed by atoms with Crippen molar-refractivity contribution in [2.75, 3.05) is 13.2 Å². The van der Waals surface area contributed by atoms with Crippen LogP contribution < -0.4 is 0 Å². The fourth-order valence-electron chi connectivity index (χ4n) is 8.80. The summed E-state index contributed by atoms with van der Waals surface area (Å²) in [4.78, 5) is 37.8. The summed E-state index contributed by atoms with van der Waals surface area (Å²) in [5.41, 5.74) is 0. The van der Waals surface area contributed by atoms with Gasteiger partial charge in [-0.3, -0.25) is 14.4 Å². The maximum Gasteiger partial charge on any atom is 0.306 e. The zero-order chi connectivity index (χ0) is 45.8. The van der Waals surface area contributed by atoms with Gasteiger partial charge in [0.05, 0.1) is 0 Å². The van der Waals surface area contributed by atoms with Crippen molar-refractivity contribution in [3.63, 3.8) is 0 Å². The Labute approximate surface area is 393 Å². The van der Waals surface area contributed by atoms with Crippen LogP contribution in [0.15, 0.2) is 0 Å². The highest BCUT2D eigenvalue weighted by molar-refractivity contribution is 5.71. The summed E-state index contributed by atoms with van der Waals surface area (Å²) in [5.74, 6) is -0.847. The molecule has 0 aliphatic carbocycles. The molecule has 0 spiro atoms. The molecule has 63 heavy (non-hydrogen) atoms. The average Bonchev–Trinajstić information content (AvgIpc) is 3.28. The van der Waals surface area contributed by atoms with Gasteiger partial charge in [-0.1, -0.05) is 290 Å². The average molecular weight is 892 g/mol. The van der Waals surface area contributed by atoms with Crippen molar-refractivity contribution in [2.45, 2.75) is 335 Å². The van der Waals surface area contributed by atoms with Gasteiger partial charge in [-0.15, -0.1) is 0 Å². The first-order valence-corrected chi connectivity index (χ1v) is 28.5. The fourth-order valence-corrected chi connectivity index (χ4v) is 8.80. The van der Waals surface area contributed by atoms with E-state index in [4.69, 9.17) is 14.2 Å². The second-order valence-electron chi connectivity index (χ2n) is 19.6. The summed E-state index contributed by atoms with van der Waals surface area (Å²) in [5, 5.41) is 0. The molecule has 0 radical (unpaired) electrons. The highest BCUT2D eigenvalue weighted by atomic mass is 16.6. The SMILES string of the molecule is CCCCCCCCCCCCCCCCCCCCCCCCCCCCCC(=O)OCC(COC(=O)CCCCCCCCCCC)OC(=O)CCCCCCCCCCC. The van der Waals surface area contributed by atoms with Crippen LogP contribution in [0.3, 0.4) is 0 Å². The molecule has 0 aliphatic heterocycles. The van der Waals surface area contributed by atoms with E-state index in [1.165, 1.54) is 231 Å². The van der Waals surface area contributed by atoms with E-state index in [-0.39, 0.29) is 31.1 Å². The van der Waals surface area contributed by atoms with E-state index < -0.39 is 6.10 Å². The molecule has 1 atom stereocenters. The minimum atomic E-state index is -0.758. The molecule has 0 aromatic heterocycles. The second kappa shape index (κ2) is 53.0. The van der Waals surface area contributed by atoms with E-state index in [9.17, 15) is 14.4 Å². The minimum Gasteiger partial charge on any atom is -0.462 e. The standard InChI is InChI=1S/C57H110O6/c1-4-7-10-13-16-19-20-21-22-23-24-25-26-27-28-29-30-31-32-33-34-35-36-39-41-44-47-50-56(59)62-53-54(63-57(60)51-48-45-42-38-18-15-12-9-6-3)52-61-55(58)49-46-43-40-37-17-14-11-8-5-2/h54H,4-53H2,1-3H3. The quantitative estimate of drug-likeness (QED) is 0.0344. The van der Waals surface area contributed by atoms with E-state index in [1.54, 1.807) is 0 Å². The number of rotatable bonds is 53. The Bertz CT molecular complexity index is 936. The van der Waals surface area contributed by atoms with E-state index >= 15 is 0 Å². The van der Waals surface area contributed by atoms with E-state index in [0.717, 1.165) is 57.8 Å². The summed E-state index contributed by atoms with van der Waals surface area (Å²) < 4.78 is 16.8. The zero-order valence-electron chi connectivity index (χ0n) is 42.9. The Morgan fingerprint density at radius 3 is 0.635 bits per heavy atom. The summed E-state index contributed by atoms with van der Waals surface area (Å²) >= 11 is 0. The van der Waals surface area contributed by atoms with Crippen molar-refractivity contribution in [1.29, 1.82) is 0 Å². The molecule has 0 aromatic rings. The van der Waals surface area contributed by atoms with Gasteiger partial charge in [0.1, 0.15) is 13.2 Å². The summed E-state index contributed by atoms with van der Waals surface area (Å²) in [7, 11) is 0. The maximum atomic E-state index is 12.7. The molecule has 0 heterocycles. The number of hydrogen-bond acceptors (Lipinski definition) is 6. The normalized spacial score (nSPS) is 11.9. The fraction of sp³-hybridized carbons (Fsp3) is 0.947. The van der Waals surface area contributed by atoms with Crippen LogP contribution >= 0.6 is 0 Å². The molecule has 6 nitrogen and oxygen atoms in total. The minimum absolute atomic E-state index is 0.0623. The molecule has 0 saturated carbocycles. The van der Waals surface area contributed by atoms with Crippen LogP contribution in [-0.2, 0) is 28.6 Å². The number of carbonyl (C=O) groups excluding carboxylic acids is 3. The Morgan fingerprint density at radius 1 is 0.254 bits per heavy atom. The van der Waals surface area contributed by atoms with Crippen LogP contribution in [0.2, 0.25) is 0 Å². The molecule has 374 valence electrons. The molecular formula is C57H110O6. The molecule has 0 amide bonds. The molecule has 0 rings (SSSR count). The van der Waals surface area contributed by atoms with Gasteiger partial charge < -0.3 is 14.2 Å².